The van der Waals surface area contributed by atoms with E-state index in [9.17, 15) is 13.2 Å². The molecule has 1 aromatic carbocycles. The Morgan fingerprint density at radius 2 is 1.64 bits per heavy atom. The van der Waals surface area contributed by atoms with Crippen LogP contribution in [-0.2, 0) is 6.18 Å². The fourth-order valence-corrected chi connectivity index (χ4v) is 2.00. The minimum absolute atomic E-state index is 0.101. The van der Waals surface area contributed by atoms with Crippen molar-refractivity contribution >= 4 is 22.7 Å². The molecule has 2 heterocycles. The number of anilines is 2. The molecule has 0 aliphatic rings. The number of halogens is 3. The normalized spacial score (nSPS) is 11.6. The van der Waals surface area contributed by atoms with Crippen molar-refractivity contribution in [3.8, 4) is 0 Å². The summed E-state index contributed by atoms with van der Waals surface area (Å²) in [5.41, 5.74) is 0.211. The number of hydrogen-bond acceptors (Lipinski definition) is 5. The molecule has 0 saturated carbocycles. The third kappa shape index (κ3) is 2.54. The van der Waals surface area contributed by atoms with Crippen LogP contribution in [0.1, 0.15) is 5.82 Å². The number of benzene rings is 1. The summed E-state index contributed by atoms with van der Waals surface area (Å²) in [4.78, 5) is 16.7. The maximum absolute atomic E-state index is 13.0. The zero-order chi connectivity index (χ0) is 15.7. The van der Waals surface area contributed by atoms with Crippen LogP contribution in [0.5, 0.6) is 0 Å². The van der Waals surface area contributed by atoms with Crippen molar-refractivity contribution in [2.75, 3.05) is 11.9 Å². The first-order valence-corrected chi connectivity index (χ1v) is 6.31. The molecule has 0 bridgehead atoms. The van der Waals surface area contributed by atoms with E-state index in [0.717, 1.165) is 0 Å². The second kappa shape index (κ2) is 5.21. The van der Waals surface area contributed by atoms with Gasteiger partial charge in [-0.3, -0.25) is 4.90 Å². The van der Waals surface area contributed by atoms with E-state index in [4.69, 9.17) is 0 Å². The zero-order valence-corrected chi connectivity index (χ0v) is 11.4. The van der Waals surface area contributed by atoms with Crippen molar-refractivity contribution in [1.82, 2.24) is 19.9 Å². The van der Waals surface area contributed by atoms with Crippen molar-refractivity contribution in [2.24, 2.45) is 0 Å². The first kappa shape index (κ1) is 14.2. The highest BCUT2D eigenvalue weighted by molar-refractivity contribution is 5.90. The summed E-state index contributed by atoms with van der Waals surface area (Å²) in [5, 5.41) is 0.491. The summed E-state index contributed by atoms with van der Waals surface area (Å²) in [6, 6.07) is 8.12. The van der Waals surface area contributed by atoms with Gasteiger partial charge in [0.25, 0.3) is 0 Å². The van der Waals surface area contributed by atoms with Crippen LogP contribution in [0.2, 0.25) is 0 Å². The number of alkyl halides is 3. The highest BCUT2D eigenvalue weighted by Crippen LogP contribution is 2.32. The molecule has 0 atom stereocenters. The van der Waals surface area contributed by atoms with Gasteiger partial charge in [0.05, 0.1) is 5.52 Å². The summed E-state index contributed by atoms with van der Waals surface area (Å²) >= 11 is 0. The van der Waals surface area contributed by atoms with Crippen molar-refractivity contribution in [3.63, 3.8) is 0 Å². The van der Waals surface area contributed by atoms with Gasteiger partial charge in [-0.1, -0.05) is 12.1 Å². The van der Waals surface area contributed by atoms with Crippen LogP contribution in [0.25, 0.3) is 10.9 Å². The Labute approximate surface area is 123 Å². The highest BCUT2D eigenvalue weighted by atomic mass is 19.4. The highest BCUT2D eigenvalue weighted by Gasteiger charge is 2.36. The number of para-hydroxylation sites is 1. The lowest BCUT2D eigenvalue weighted by Gasteiger charge is -2.19. The molecule has 0 spiro atoms. The van der Waals surface area contributed by atoms with Crippen LogP contribution in [-0.4, -0.2) is 27.0 Å². The monoisotopic (exact) mass is 305 g/mol. The summed E-state index contributed by atoms with van der Waals surface area (Å²) in [6.45, 7) is 0. The third-order valence-corrected chi connectivity index (χ3v) is 3.01. The minimum atomic E-state index is -4.63. The molecular formula is C14H10F3N5. The van der Waals surface area contributed by atoms with E-state index in [-0.39, 0.29) is 17.3 Å². The van der Waals surface area contributed by atoms with E-state index < -0.39 is 12.0 Å². The third-order valence-electron chi connectivity index (χ3n) is 3.01. The topological polar surface area (TPSA) is 54.8 Å². The van der Waals surface area contributed by atoms with Crippen LogP contribution in [0, 0.1) is 0 Å². The number of nitrogens with zero attached hydrogens (tertiary/aromatic N) is 5. The van der Waals surface area contributed by atoms with Gasteiger partial charge in [-0.05, 0) is 18.2 Å². The van der Waals surface area contributed by atoms with E-state index >= 15 is 0 Å². The Morgan fingerprint density at radius 3 is 2.32 bits per heavy atom. The van der Waals surface area contributed by atoms with Gasteiger partial charge < -0.3 is 0 Å². The Kier molecular flexibility index (Phi) is 3.36. The molecular weight excluding hydrogens is 295 g/mol. The van der Waals surface area contributed by atoms with E-state index in [2.05, 4.69) is 19.9 Å². The molecule has 3 rings (SSSR count). The zero-order valence-electron chi connectivity index (χ0n) is 11.4. The summed E-state index contributed by atoms with van der Waals surface area (Å²) in [7, 11) is 1.56. The average molecular weight is 305 g/mol. The molecule has 3 aromatic rings. The van der Waals surface area contributed by atoms with Gasteiger partial charge in [-0.15, -0.1) is 0 Å². The summed E-state index contributed by atoms with van der Waals surface area (Å²) in [6.07, 6.45) is -1.61. The standard InChI is InChI=1S/C14H10F3N5/c1-22(13-18-7-4-8-19-13)11-9-5-2-3-6-10(9)20-12(21-11)14(15,16)17/h2-8H,1H3. The van der Waals surface area contributed by atoms with Crippen LogP contribution in [0.15, 0.2) is 42.7 Å². The first-order chi connectivity index (χ1) is 10.5. The van der Waals surface area contributed by atoms with Gasteiger partial charge in [-0.25, -0.2) is 19.9 Å². The van der Waals surface area contributed by atoms with E-state index in [1.54, 1.807) is 31.3 Å². The molecule has 0 aliphatic heterocycles. The molecule has 0 radical (unpaired) electrons. The Bertz CT molecular complexity index is 804. The number of hydrogen-bond donors (Lipinski definition) is 0. The molecule has 112 valence electrons. The van der Waals surface area contributed by atoms with Gasteiger partial charge in [0.15, 0.2) is 0 Å². The van der Waals surface area contributed by atoms with Gasteiger partial charge >= 0.3 is 6.18 Å². The lowest BCUT2D eigenvalue weighted by atomic mass is 10.2. The molecule has 2 aromatic heterocycles. The quantitative estimate of drug-likeness (QED) is 0.727. The summed E-state index contributed by atoms with van der Waals surface area (Å²) in [5.74, 6) is -0.840. The molecule has 0 aliphatic carbocycles. The average Bonchev–Trinajstić information content (AvgIpc) is 2.53. The van der Waals surface area contributed by atoms with Gasteiger partial charge in [0.1, 0.15) is 5.82 Å². The van der Waals surface area contributed by atoms with E-state index in [1.165, 1.54) is 23.4 Å². The number of aromatic nitrogens is 4. The molecule has 8 heteroatoms. The molecule has 0 saturated heterocycles. The molecule has 5 nitrogen and oxygen atoms in total. The first-order valence-electron chi connectivity index (χ1n) is 6.31. The molecule has 0 N–H and O–H groups in total. The van der Waals surface area contributed by atoms with Crippen molar-refractivity contribution in [3.05, 3.63) is 48.5 Å². The second-order valence-electron chi connectivity index (χ2n) is 4.49. The molecule has 0 unspecified atom stereocenters. The van der Waals surface area contributed by atoms with Crippen molar-refractivity contribution < 1.29 is 13.2 Å². The summed E-state index contributed by atoms with van der Waals surface area (Å²) < 4.78 is 39.0. The minimum Gasteiger partial charge on any atom is -0.297 e. The van der Waals surface area contributed by atoms with Crippen molar-refractivity contribution in [1.29, 1.82) is 0 Å². The van der Waals surface area contributed by atoms with E-state index in [1.807, 2.05) is 0 Å². The van der Waals surface area contributed by atoms with Gasteiger partial charge in [-0.2, -0.15) is 13.2 Å². The second-order valence-corrected chi connectivity index (χ2v) is 4.49. The number of rotatable bonds is 2. The Balaban J connectivity index is 2.23. The maximum Gasteiger partial charge on any atom is 0.451 e. The smallest absolute Gasteiger partial charge is 0.297 e. The van der Waals surface area contributed by atoms with E-state index in [0.29, 0.717) is 5.39 Å². The largest absolute Gasteiger partial charge is 0.451 e. The van der Waals surface area contributed by atoms with Crippen LogP contribution < -0.4 is 4.90 Å². The molecule has 0 fully saturated rings. The number of fused-ring (bicyclic) bond motifs is 1. The van der Waals surface area contributed by atoms with Crippen LogP contribution >= 0.6 is 0 Å². The van der Waals surface area contributed by atoms with Crippen molar-refractivity contribution in [2.45, 2.75) is 6.18 Å². The van der Waals surface area contributed by atoms with Crippen LogP contribution in [0.3, 0.4) is 0 Å². The van der Waals surface area contributed by atoms with Crippen LogP contribution in [0.4, 0.5) is 24.9 Å². The SMILES string of the molecule is CN(c1ncccn1)c1nc(C(F)(F)F)nc2ccccc12. The fraction of sp³-hybridized carbons (Fsp3) is 0.143. The molecule has 22 heavy (non-hydrogen) atoms. The predicted octanol–water partition coefficient (Wildman–Crippen LogP) is 3.21. The lowest BCUT2D eigenvalue weighted by molar-refractivity contribution is -0.144. The van der Waals surface area contributed by atoms with Gasteiger partial charge in [0.2, 0.25) is 11.8 Å². The lowest BCUT2D eigenvalue weighted by Crippen LogP contribution is -2.19. The maximum atomic E-state index is 13.0. The Hall–Kier alpha value is -2.77. The fourth-order valence-electron chi connectivity index (χ4n) is 2.00. The molecule has 0 amide bonds. The Morgan fingerprint density at radius 1 is 0.955 bits per heavy atom. The van der Waals surface area contributed by atoms with Gasteiger partial charge in [0, 0.05) is 24.8 Å². The predicted molar refractivity (Wildman–Crippen MR) is 74.6 cm³/mol.